The van der Waals surface area contributed by atoms with Crippen LogP contribution in [0, 0.1) is 0 Å². The first kappa shape index (κ1) is 10.9. The van der Waals surface area contributed by atoms with Gasteiger partial charge in [0.15, 0.2) is 0 Å². The van der Waals surface area contributed by atoms with Gasteiger partial charge in [-0.1, -0.05) is 18.2 Å². The first-order chi connectivity index (χ1) is 7.74. The zero-order valence-corrected chi connectivity index (χ0v) is 9.40. The molecular formula is C13H15NO2. The first-order valence-electron chi connectivity index (χ1n) is 5.17. The third-order valence-electron chi connectivity index (χ3n) is 2.66. The van der Waals surface area contributed by atoms with Crippen molar-refractivity contribution in [3.8, 4) is 5.75 Å². The largest absolute Gasteiger partial charge is 0.497 e. The molecule has 0 aromatic heterocycles. The molecule has 0 aliphatic rings. The quantitative estimate of drug-likeness (QED) is 0.773. The molecule has 0 spiro atoms. The van der Waals surface area contributed by atoms with E-state index in [4.69, 9.17) is 4.74 Å². The van der Waals surface area contributed by atoms with Gasteiger partial charge in [-0.25, -0.2) is 0 Å². The molecular weight excluding hydrogens is 202 g/mol. The van der Waals surface area contributed by atoms with Crippen LogP contribution < -0.4 is 10.1 Å². The Bertz CT molecular complexity index is 496. The van der Waals surface area contributed by atoms with E-state index >= 15 is 0 Å². The monoisotopic (exact) mass is 217 g/mol. The summed E-state index contributed by atoms with van der Waals surface area (Å²) in [6, 6.07) is 11.7. The lowest BCUT2D eigenvalue weighted by Gasteiger charge is -2.10. The van der Waals surface area contributed by atoms with Crippen LogP contribution in [0.2, 0.25) is 0 Å². The van der Waals surface area contributed by atoms with E-state index in [9.17, 15) is 5.11 Å². The second kappa shape index (κ2) is 4.51. The van der Waals surface area contributed by atoms with Crippen LogP contribution in [-0.2, 0) is 0 Å². The highest BCUT2D eigenvalue weighted by Gasteiger charge is 2.05. The molecule has 1 atom stereocenters. The molecule has 0 fully saturated rings. The molecule has 0 radical (unpaired) electrons. The fraction of sp³-hybridized carbons (Fsp3) is 0.231. The third-order valence-corrected chi connectivity index (χ3v) is 2.66. The minimum absolute atomic E-state index is 0.619. The smallest absolute Gasteiger partial charge is 0.130 e. The maximum Gasteiger partial charge on any atom is 0.130 e. The normalized spacial score (nSPS) is 12.7. The highest BCUT2D eigenvalue weighted by Crippen LogP contribution is 2.23. The Kier molecular flexibility index (Phi) is 3.08. The number of ether oxygens (including phenoxy) is 1. The van der Waals surface area contributed by atoms with E-state index in [0.29, 0.717) is 0 Å². The lowest BCUT2D eigenvalue weighted by atomic mass is 10.1. The number of rotatable bonds is 3. The van der Waals surface area contributed by atoms with E-state index in [1.807, 2.05) is 36.4 Å². The predicted molar refractivity (Wildman–Crippen MR) is 64.5 cm³/mol. The Balaban J connectivity index is 2.47. The summed E-state index contributed by atoms with van der Waals surface area (Å²) in [5, 5.41) is 14.6. The molecule has 1 unspecified atom stereocenters. The average Bonchev–Trinajstić information content (AvgIpc) is 2.36. The predicted octanol–water partition coefficient (Wildman–Crippen LogP) is 2.06. The number of aliphatic hydroxyl groups excluding tert-OH is 1. The highest BCUT2D eigenvalue weighted by molar-refractivity contribution is 5.84. The number of fused-ring (bicyclic) bond motifs is 1. The first-order valence-corrected chi connectivity index (χ1v) is 5.17. The number of methoxy groups -OCH3 is 1. The maximum absolute atomic E-state index is 9.65. The van der Waals surface area contributed by atoms with Crippen molar-refractivity contribution >= 4 is 10.8 Å². The molecule has 16 heavy (non-hydrogen) atoms. The minimum Gasteiger partial charge on any atom is -0.497 e. The summed E-state index contributed by atoms with van der Waals surface area (Å²) in [4.78, 5) is 0. The van der Waals surface area contributed by atoms with Gasteiger partial charge in [0, 0.05) is 0 Å². The van der Waals surface area contributed by atoms with Crippen molar-refractivity contribution < 1.29 is 9.84 Å². The van der Waals surface area contributed by atoms with Gasteiger partial charge >= 0.3 is 0 Å². The van der Waals surface area contributed by atoms with Gasteiger partial charge in [0.05, 0.1) is 7.11 Å². The molecule has 2 aromatic rings. The highest BCUT2D eigenvalue weighted by atomic mass is 16.5. The van der Waals surface area contributed by atoms with Gasteiger partial charge in [0.1, 0.15) is 12.0 Å². The average molecular weight is 217 g/mol. The van der Waals surface area contributed by atoms with Crippen molar-refractivity contribution in [1.82, 2.24) is 5.32 Å². The minimum atomic E-state index is -0.619. The molecule has 84 valence electrons. The van der Waals surface area contributed by atoms with E-state index in [1.165, 1.54) is 0 Å². The Morgan fingerprint density at radius 1 is 1.12 bits per heavy atom. The van der Waals surface area contributed by atoms with Crippen LogP contribution in [0.5, 0.6) is 5.75 Å². The SMILES string of the molecule is CNC(O)c1ccc2cc(OC)ccc2c1. The summed E-state index contributed by atoms with van der Waals surface area (Å²) in [5.41, 5.74) is 0.861. The summed E-state index contributed by atoms with van der Waals surface area (Å²) < 4.78 is 5.16. The van der Waals surface area contributed by atoms with Crippen LogP contribution in [-0.4, -0.2) is 19.3 Å². The van der Waals surface area contributed by atoms with Crippen molar-refractivity contribution in [2.75, 3.05) is 14.2 Å². The van der Waals surface area contributed by atoms with Crippen LogP contribution in [0.1, 0.15) is 11.8 Å². The molecule has 0 heterocycles. The molecule has 0 bridgehead atoms. The molecule has 3 nitrogen and oxygen atoms in total. The van der Waals surface area contributed by atoms with Crippen LogP contribution in [0.15, 0.2) is 36.4 Å². The van der Waals surface area contributed by atoms with Gasteiger partial charge in [0.25, 0.3) is 0 Å². The van der Waals surface area contributed by atoms with Crippen LogP contribution >= 0.6 is 0 Å². The molecule has 0 saturated carbocycles. The lowest BCUT2D eigenvalue weighted by Crippen LogP contribution is -2.14. The Hall–Kier alpha value is -1.58. The summed E-state index contributed by atoms with van der Waals surface area (Å²) in [7, 11) is 3.38. The van der Waals surface area contributed by atoms with Crippen LogP contribution in [0.3, 0.4) is 0 Å². The fourth-order valence-electron chi connectivity index (χ4n) is 1.71. The second-order valence-electron chi connectivity index (χ2n) is 3.66. The Labute approximate surface area is 94.7 Å². The Morgan fingerprint density at radius 3 is 2.50 bits per heavy atom. The van der Waals surface area contributed by atoms with Crippen molar-refractivity contribution in [2.45, 2.75) is 6.23 Å². The number of nitrogens with one attached hydrogen (secondary N) is 1. The third kappa shape index (κ3) is 2.01. The number of benzene rings is 2. The number of hydrogen-bond donors (Lipinski definition) is 2. The van der Waals surface area contributed by atoms with Crippen molar-refractivity contribution in [2.24, 2.45) is 0 Å². The van der Waals surface area contributed by atoms with Gasteiger partial charge in [0.2, 0.25) is 0 Å². The van der Waals surface area contributed by atoms with Crippen LogP contribution in [0.25, 0.3) is 10.8 Å². The standard InChI is InChI=1S/C13H15NO2/c1-14-13(15)11-4-3-10-8-12(16-2)6-5-9(10)7-11/h3-8,13-15H,1-2H3. The molecule has 3 heteroatoms. The molecule has 0 amide bonds. The van der Waals surface area contributed by atoms with E-state index < -0.39 is 6.23 Å². The van der Waals surface area contributed by atoms with Crippen molar-refractivity contribution in [1.29, 1.82) is 0 Å². The number of hydrogen-bond acceptors (Lipinski definition) is 3. The summed E-state index contributed by atoms with van der Waals surface area (Å²) in [5.74, 6) is 0.842. The maximum atomic E-state index is 9.65. The van der Waals surface area contributed by atoms with E-state index in [0.717, 1.165) is 22.1 Å². The van der Waals surface area contributed by atoms with E-state index in [-0.39, 0.29) is 0 Å². The Morgan fingerprint density at radius 2 is 1.81 bits per heavy atom. The number of aliphatic hydroxyl groups is 1. The lowest BCUT2D eigenvalue weighted by molar-refractivity contribution is 0.149. The van der Waals surface area contributed by atoms with Crippen LogP contribution in [0.4, 0.5) is 0 Å². The van der Waals surface area contributed by atoms with E-state index in [2.05, 4.69) is 5.32 Å². The summed E-state index contributed by atoms with van der Waals surface area (Å²) >= 11 is 0. The van der Waals surface area contributed by atoms with E-state index in [1.54, 1.807) is 14.2 Å². The second-order valence-corrected chi connectivity index (χ2v) is 3.66. The summed E-state index contributed by atoms with van der Waals surface area (Å²) in [6.45, 7) is 0. The molecule has 2 N–H and O–H groups in total. The van der Waals surface area contributed by atoms with Crippen molar-refractivity contribution in [3.63, 3.8) is 0 Å². The van der Waals surface area contributed by atoms with Gasteiger partial charge < -0.3 is 9.84 Å². The zero-order valence-electron chi connectivity index (χ0n) is 9.40. The fourth-order valence-corrected chi connectivity index (χ4v) is 1.71. The summed E-state index contributed by atoms with van der Waals surface area (Å²) in [6.07, 6.45) is -0.619. The van der Waals surface area contributed by atoms with Gasteiger partial charge in [-0.15, -0.1) is 0 Å². The van der Waals surface area contributed by atoms with Gasteiger partial charge in [-0.2, -0.15) is 0 Å². The topological polar surface area (TPSA) is 41.5 Å². The molecule has 0 aliphatic heterocycles. The molecule has 0 aliphatic carbocycles. The van der Waals surface area contributed by atoms with Crippen molar-refractivity contribution in [3.05, 3.63) is 42.0 Å². The van der Waals surface area contributed by atoms with Gasteiger partial charge in [-0.05, 0) is 41.6 Å². The zero-order chi connectivity index (χ0) is 11.5. The molecule has 2 aromatic carbocycles. The van der Waals surface area contributed by atoms with Gasteiger partial charge in [-0.3, -0.25) is 5.32 Å². The molecule has 0 saturated heterocycles. The molecule has 2 rings (SSSR count).